The summed E-state index contributed by atoms with van der Waals surface area (Å²) >= 11 is 0. The summed E-state index contributed by atoms with van der Waals surface area (Å²) in [5.41, 5.74) is 5.26. The Morgan fingerprint density at radius 2 is 1.76 bits per heavy atom. The predicted octanol–water partition coefficient (Wildman–Crippen LogP) is 4.43. The van der Waals surface area contributed by atoms with Crippen molar-refractivity contribution in [1.29, 1.82) is 0 Å². The molecular formula is C33H36N4O5. The van der Waals surface area contributed by atoms with E-state index in [1.54, 1.807) is 0 Å². The van der Waals surface area contributed by atoms with Crippen LogP contribution in [0, 0.1) is 6.92 Å². The number of aryl methyl sites for hydroxylation is 1. The van der Waals surface area contributed by atoms with Gasteiger partial charge in [-0.05, 0) is 104 Å². The Morgan fingerprint density at radius 1 is 0.952 bits per heavy atom. The number of rotatable bonds is 9. The van der Waals surface area contributed by atoms with Crippen molar-refractivity contribution < 1.29 is 14.1 Å². The summed E-state index contributed by atoms with van der Waals surface area (Å²) in [7, 11) is 0. The molecule has 9 heteroatoms. The fourth-order valence-corrected chi connectivity index (χ4v) is 6.11. The SMILES string of the molecule is Cc1cc(C(=O)N2CCC[C@@H]2CN2CCCC2)ccc1-c1cccc(COc2ccc(Cn3oc(=O)[nH]c3=O)cc2)c1. The van der Waals surface area contributed by atoms with Crippen LogP contribution in [0.25, 0.3) is 11.1 Å². The van der Waals surface area contributed by atoms with Gasteiger partial charge in [-0.2, -0.15) is 0 Å². The molecule has 0 saturated carbocycles. The van der Waals surface area contributed by atoms with Crippen molar-refractivity contribution in [3.63, 3.8) is 0 Å². The molecule has 2 saturated heterocycles. The van der Waals surface area contributed by atoms with E-state index in [4.69, 9.17) is 9.26 Å². The Morgan fingerprint density at radius 3 is 2.50 bits per heavy atom. The van der Waals surface area contributed by atoms with E-state index in [0.717, 1.165) is 77.1 Å². The lowest BCUT2D eigenvalue weighted by Crippen LogP contribution is -2.42. The molecule has 0 spiro atoms. The number of nitrogens with zero attached hydrogens (tertiary/aromatic N) is 3. The fourth-order valence-electron chi connectivity index (χ4n) is 6.11. The Kier molecular flexibility index (Phi) is 8.10. The minimum Gasteiger partial charge on any atom is -0.489 e. The summed E-state index contributed by atoms with van der Waals surface area (Å²) in [6.07, 6.45) is 4.70. The second-order valence-corrected chi connectivity index (χ2v) is 11.3. The lowest BCUT2D eigenvalue weighted by Gasteiger charge is -2.28. The summed E-state index contributed by atoms with van der Waals surface area (Å²) in [4.78, 5) is 43.0. The topological polar surface area (TPSA) is 101 Å². The molecule has 42 heavy (non-hydrogen) atoms. The third-order valence-electron chi connectivity index (χ3n) is 8.30. The average molecular weight is 569 g/mol. The number of ether oxygens (including phenoxy) is 1. The number of hydrogen-bond donors (Lipinski definition) is 1. The van der Waals surface area contributed by atoms with E-state index in [2.05, 4.69) is 39.9 Å². The minimum atomic E-state index is -0.773. The number of benzene rings is 3. The van der Waals surface area contributed by atoms with Crippen LogP contribution in [-0.2, 0) is 13.2 Å². The number of aromatic amines is 1. The fraction of sp³-hybridized carbons (Fsp3) is 0.364. The number of H-pyrrole nitrogens is 1. The maximum atomic E-state index is 13.5. The maximum absolute atomic E-state index is 13.5. The molecule has 0 aliphatic carbocycles. The second kappa shape index (κ2) is 12.2. The van der Waals surface area contributed by atoms with Crippen LogP contribution in [0.5, 0.6) is 5.75 Å². The van der Waals surface area contributed by atoms with Gasteiger partial charge < -0.3 is 19.1 Å². The predicted molar refractivity (Wildman–Crippen MR) is 160 cm³/mol. The van der Waals surface area contributed by atoms with Crippen molar-refractivity contribution in [2.45, 2.75) is 51.8 Å². The summed E-state index contributed by atoms with van der Waals surface area (Å²) in [5.74, 6) is 0.0607. The molecule has 0 bridgehead atoms. The number of nitrogens with one attached hydrogen (secondary N) is 1. The van der Waals surface area contributed by atoms with Crippen LogP contribution < -0.4 is 16.2 Å². The van der Waals surface area contributed by atoms with E-state index in [-0.39, 0.29) is 12.5 Å². The molecule has 2 aliphatic rings. The second-order valence-electron chi connectivity index (χ2n) is 11.3. The van der Waals surface area contributed by atoms with Crippen LogP contribution in [0.2, 0.25) is 0 Å². The number of aromatic nitrogens is 2. The van der Waals surface area contributed by atoms with Crippen LogP contribution >= 0.6 is 0 Å². The highest BCUT2D eigenvalue weighted by Gasteiger charge is 2.31. The Bertz CT molecular complexity index is 1660. The Balaban J connectivity index is 1.09. The monoisotopic (exact) mass is 568 g/mol. The first-order valence-electron chi connectivity index (χ1n) is 14.7. The quantitative estimate of drug-likeness (QED) is 0.321. The maximum Gasteiger partial charge on any atom is 0.440 e. The zero-order chi connectivity index (χ0) is 29.1. The lowest BCUT2D eigenvalue weighted by molar-refractivity contribution is 0.0708. The van der Waals surface area contributed by atoms with E-state index >= 15 is 0 Å². The van der Waals surface area contributed by atoms with Crippen molar-refractivity contribution in [2.24, 2.45) is 0 Å². The Labute approximate surface area is 244 Å². The summed E-state index contributed by atoms with van der Waals surface area (Å²) in [6.45, 7) is 6.76. The van der Waals surface area contributed by atoms with Crippen molar-refractivity contribution in [1.82, 2.24) is 19.5 Å². The molecule has 2 fully saturated rings. The average Bonchev–Trinajstić information content (AvgIpc) is 3.75. The molecule has 1 atom stereocenters. The number of likely N-dealkylation sites (tertiary alicyclic amines) is 2. The molecule has 3 heterocycles. The molecule has 3 aromatic carbocycles. The van der Waals surface area contributed by atoms with Gasteiger partial charge in [0.25, 0.3) is 5.91 Å². The van der Waals surface area contributed by atoms with Gasteiger partial charge in [0.05, 0.1) is 6.54 Å². The van der Waals surface area contributed by atoms with E-state index in [9.17, 15) is 14.4 Å². The number of carbonyl (C=O) groups is 1. The van der Waals surface area contributed by atoms with E-state index < -0.39 is 11.4 Å². The lowest BCUT2D eigenvalue weighted by atomic mass is 9.96. The van der Waals surface area contributed by atoms with E-state index in [1.165, 1.54) is 12.8 Å². The molecular weight excluding hydrogens is 532 g/mol. The van der Waals surface area contributed by atoms with E-state index in [0.29, 0.717) is 18.4 Å². The highest BCUT2D eigenvalue weighted by Crippen LogP contribution is 2.28. The zero-order valence-corrected chi connectivity index (χ0v) is 23.9. The highest BCUT2D eigenvalue weighted by molar-refractivity contribution is 5.95. The number of hydrogen-bond acceptors (Lipinski definition) is 6. The third-order valence-corrected chi connectivity index (χ3v) is 8.30. The van der Waals surface area contributed by atoms with Gasteiger partial charge in [-0.15, -0.1) is 4.74 Å². The van der Waals surface area contributed by atoms with Gasteiger partial charge in [-0.25, -0.2) is 14.6 Å². The van der Waals surface area contributed by atoms with Gasteiger partial charge in [0.15, 0.2) is 0 Å². The highest BCUT2D eigenvalue weighted by atomic mass is 16.5. The van der Waals surface area contributed by atoms with Gasteiger partial charge in [-0.3, -0.25) is 4.79 Å². The normalized spacial score (nSPS) is 17.2. The molecule has 2 aliphatic heterocycles. The molecule has 9 nitrogen and oxygen atoms in total. The largest absolute Gasteiger partial charge is 0.489 e. The molecule has 1 amide bonds. The smallest absolute Gasteiger partial charge is 0.440 e. The number of carbonyl (C=O) groups excluding carboxylic acids is 1. The first-order valence-corrected chi connectivity index (χ1v) is 14.7. The van der Waals surface area contributed by atoms with Gasteiger partial charge in [-0.1, -0.05) is 36.4 Å². The van der Waals surface area contributed by atoms with E-state index in [1.807, 2.05) is 48.5 Å². The van der Waals surface area contributed by atoms with Crippen LogP contribution in [-0.4, -0.2) is 57.7 Å². The first-order chi connectivity index (χ1) is 20.4. The van der Waals surface area contributed by atoms with Crippen LogP contribution in [0.1, 0.15) is 52.7 Å². The molecule has 4 aromatic rings. The van der Waals surface area contributed by atoms with Crippen molar-refractivity contribution in [2.75, 3.05) is 26.2 Å². The van der Waals surface area contributed by atoms with Crippen molar-refractivity contribution >= 4 is 5.91 Å². The summed E-state index contributed by atoms with van der Waals surface area (Å²) in [6, 6.07) is 21.9. The molecule has 1 N–H and O–H groups in total. The molecule has 0 radical (unpaired) electrons. The van der Waals surface area contributed by atoms with Crippen LogP contribution in [0.3, 0.4) is 0 Å². The molecule has 0 unspecified atom stereocenters. The minimum absolute atomic E-state index is 0.143. The molecule has 6 rings (SSSR count). The van der Waals surface area contributed by atoms with Gasteiger partial charge in [0.1, 0.15) is 12.4 Å². The van der Waals surface area contributed by atoms with Gasteiger partial charge in [0.2, 0.25) is 0 Å². The number of amides is 1. The standard InChI is InChI=1S/C33H36N4O5/c1-23-18-27(31(38)36-17-5-8-28(36)21-35-15-2-3-16-35)11-14-30(23)26-7-4-6-25(19-26)22-41-29-12-9-24(10-13-29)20-37-32(39)34-33(40)42-37/h4,6-7,9-14,18-19,28H,2-3,5,8,15-17,20-22H2,1H3,(H,34,39,40)/t28-/m1/s1. The molecule has 218 valence electrons. The molecule has 1 aromatic heterocycles. The van der Waals surface area contributed by atoms with Crippen molar-refractivity contribution in [3.8, 4) is 16.9 Å². The van der Waals surface area contributed by atoms with Crippen LogP contribution in [0.15, 0.2) is 80.8 Å². The zero-order valence-electron chi connectivity index (χ0n) is 23.9. The third kappa shape index (κ3) is 6.26. The first kappa shape index (κ1) is 27.8. The summed E-state index contributed by atoms with van der Waals surface area (Å²) in [5, 5.41) is 0. The van der Waals surface area contributed by atoms with Crippen molar-refractivity contribution in [3.05, 3.63) is 110 Å². The van der Waals surface area contributed by atoms with Gasteiger partial charge in [0, 0.05) is 24.7 Å². The van der Waals surface area contributed by atoms with Gasteiger partial charge >= 0.3 is 11.4 Å². The summed E-state index contributed by atoms with van der Waals surface area (Å²) < 4.78 is 11.8. The Hall–Kier alpha value is -4.37. The van der Waals surface area contributed by atoms with Crippen LogP contribution in [0.4, 0.5) is 0 Å².